The van der Waals surface area contributed by atoms with Gasteiger partial charge in [0.25, 0.3) is 0 Å². The highest BCUT2D eigenvalue weighted by atomic mass is 16.8. The number of aliphatic hydroxyl groups is 11. The van der Waals surface area contributed by atoms with Crippen LogP contribution in [0.1, 0.15) is 213 Å². The highest BCUT2D eigenvalue weighted by Gasteiger charge is 2.53. The quantitative estimate of drug-likeness (QED) is 0.0242. The van der Waals surface area contributed by atoms with E-state index in [0.717, 1.165) is 57.8 Å². The number of allylic oxidation sites excluding steroid dienone is 5. The van der Waals surface area contributed by atoms with Gasteiger partial charge in [-0.2, -0.15) is 0 Å². The summed E-state index contributed by atoms with van der Waals surface area (Å²) in [6.45, 7) is 1.68. The first-order chi connectivity index (χ1) is 38.8. The molecule has 0 aromatic heterocycles. The van der Waals surface area contributed by atoms with Gasteiger partial charge in [0.15, 0.2) is 18.9 Å². The van der Waals surface area contributed by atoms with Crippen molar-refractivity contribution < 1.29 is 89.4 Å². The summed E-state index contributed by atoms with van der Waals surface area (Å²) in [4.78, 5) is 13.3. The van der Waals surface area contributed by atoms with E-state index in [-0.39, 0.29) is 18.9 Å². The monoisotopic (exact) mass is 1150 g/mol. The highest BCUT2D eigenvalue weighted by Crippen LogP contribution is 2.33. The molecule has 17 atom stereocenters. The van der Waals surface area contributed by atoms with Gasteiger partial charge in [-0.15, -0.1) is 0 Å². The van der Waals surface area contributed by atoms with E-state index in [0.29, 0.717) is 12.8 Å². The molecule has 19 nitrogen and oxygen atoms in total. The number of amides is 1. The zero-order valence-electron chi connectivity index (χ0n) is 48.8. The first kappa shape index (κ1) is 72.3. The lowest BCUT2D eigenvalue weighted by Crippen LogP contribution is -2.66. The number of rotatable bonds is 46. The van der Waals surface area contributed by atoms with E-state index in [1.165, 1.54) is 122 Å². The Kier molecular flexibility index (Phi) is 40.2. The number of hydrogen-bond acceptors (Lipinski definition) is 18. The minimum Gasteiger partial charge on any atom is -0.394 e. The molecule has 80 heavy (non-hydrogen) atoms. The maximum absolute atomic E-state index is 13.3. The summed E-state index contributed by atoms with van der Waals surface area (Å²) in [5.41, 5.74) is 0. The molecule has 3 rings (SSSR count). The van der Waals surface area contributed by atoms with Crippen LogP contribution in [0.2, 0.25) is 0 Å². The Labute approximate surface area is 479 Å². The van der Waals surface area contributed by atoms with Crippen molar-refractivity contribution >= 4 is 5.91 Å². The van der Waals surface area contributed by atoms with Crippen LogP contribution in [-0.4, -0.2) is 193 Å². The van der Waals surface area contributed by atoms with Crippen molar-refractivity contribution in [1.29, 1.82) is 0 Å². The molecule has 17 unspecified atom stereocenters. The molecular formula is C61H111NO18. The Hall–Kier alpha value is -1.99. The fourth-order valence-corrected chi connectivity index (χ4v) is 10.5. The van der Waals surface area contributed by atoms with E-state index in [9.17, 15) is 61.0 Å². The molecule has 0 radical (unpaired) electrons. The van der Waals surface area contributed by atoms with Gasteiger partial charge in [0.2, 0.25) is 5.91 Å². The normalized spacial score (nSPS) is 30.2. The standard InChI is InChI=1S/C61H111NO18/c1-3-5-7-9-11-13-15-17-18-19-20-21-22-23-24-25-27-28-30-32-34-36-38-45(66)44(62-49(67)39-37-35-33-31-29-26-16-14-12-10-8-6-4-2)43-75-59-55(73)52(70)57(47(41-64)77-59)80-61-56(74)53(71)58(48(42-65)78-61)79-60-54(72)51(69)50(68)46(40-63)76-60/h14,16,28,30,36,38,44-48,50-61,63-66,68-74H,3-13,15,17-27,29,31-35,37,39-43H2,1-2H3,(H,62,67)/b16-14-,30-28+,38-36+. The topological polar surface area (TPSA) is 307 Å². The van der Waals surface area contributed by atoms with Gasteiger partial charge in [0.1, 0.15) is 73.2 Å². The molecule has 12 N–H and O–H groups in total. The lowest BCUT2D eigenvalue weighted by atomic mass is 9.96. The lowest BCUT2D eigenvalue weighted by molar-refractivity contribution is -0.379. The summed E-state index contributed by atoms with van der Waals surface area (Å²) in [7, 11) is 0. The van der Waals surface area contributed by atoms with Crippen LogP contribution in [0.15, 0.2) is 36.5 Å². The summed E-state index contributed by atoms with van der Waals surface area (Å²) in [5.74, 6) is -0.295. The minimum absolute atomic E-state index is 0.225. The van der Waals surface area contributed by atoms with Crippen molar-refractivity contribution in [3.05, 3.63) is 36.5 Å². The summed E-state index contributed by atoms with van der Waals surface area (Å²) in [6.07, 6.45) is 21.3. The van der Waals surface area contributed by atoms with Gasteiger partial charge in [-0.25, -0.2) is 0 Å². The summed E-state index contributed by atoms with van der Waals surface area (Å²) in [5, 5.41) is 120. The fraction of sp³-hybridized carbons (Fsp3) is 0.885. The third kappa shape index (κ3) is 27.8. The van der Waals surface area contributed by atoms with Crippen molar-refractivity contribution in [2.24, 2.45) is 0 Å². The van der Waals surface area contributed by atoms with Crippen molar-refractivity contribution in [3.8, 4) is 0 Å². The van der Waals surface area contributed by atoms with Crippen LogP contribution in [-0.2, 0) is 33.2 Å². The molecule has 0 spiro atoms. The molecule has 3 heterocycles. The van der Waals surface area contributed by atoms with Gasteiger partial charge in [-0.1, -0.05) is 185 Å². The average Bonchev–Trinajstić information content (AvgIpc) is 3.46. The van der Waals surface area contributed by atoms with Gasteiger partial charge in [0.05, 0.1) is 38.6 Å². The second kappa shape index (κ2) is 44.5. The zero-order chi connectivity index (χ0) is 58.3. The largest absolute Gasteiger partial charge is 0.394 e. The molecule has 0 aliphatic carbocycles. The van der Waals surface area contributed by atoms with Crippen molar-refractivity contribution in [2.75, 3.05) is 26.4 Å². The van der Waals surface area contributed by atoms with Crippen LogP contribution >= 0.6 is 0 Å². The van der Waals surface area contributed by atoms with Gasteiger partial charge < -0.3 is 89.9 Å². The maximum Gasteiger partial charge on any atom is 0.220 e. The first-order valence-electron chi connectivity index (χ1n) is 31.2. The van der Waals surface area contributed by atoms with E-state index < -0.39 is 124 Å². The Bertz CT molecular complexity index is 1600. The SMILES string of the molecule is CCCCCC/C=C\CCCCCCCC(=O)NC(COC1OC(CO)C(OC2OC(CO)C(OC3OC(CO)C(O)C(O)C3O)C(O)C2O)C(O)C1O)C(O)/C=C/CC/C=C/CCCCCCCCCCCCCCCCCC. The molecule has 1 amide bonds. The Morgan fingerprint density at radius 2 is 0.800 bits per heavy atom. The summed E-state index contributed by atoms with van der Waals surface area (Å²) >= 11 is 0. The zero-order valence-corrected chi connectivity index (χ0v) is 48.8. The molecule has 0 saturated carbocycles. The van der Waals surface area contributed by atoms with E-state index >= 15 is 0 Å². The molecule has 3 saturated heterocycles. The van der Waals surface area contributed by atoms with Crippen LogP contribution in [0.25, 0.3) is 0 Å². The van der Waals surface area contributed by atoms with Crippen LogP contribution < -0.4 is 5.32 Å². The molecular weight excluding hydrogens is 1030 g/mol. The van der Waals surface area contributed by atoms with Crippen molar-refractivity contribution in [3.63, 3.8) is 0 Å². The Morgan fingerprint density at radius 1 is 0.438 bits per heavy atom. The van der Waals surface area contributed by atoms with Crippen LogP contribution in [0, 0.1) is 0 Å². The number of hydrogen-bond donors (Lipinski definition) is 12. The van der Waals surface area contributed by atoms with Gasteiger partial charge in [0, 0.05) is 6.42 Å². The highest BCUT2D eigenvalue weighted by molar-refractivity contribution is 5.76. The Balaban J connectivity index is 1.49. The van der Waals surface area contributed by atoms with Gasteiger partial charge in [-0.3, -0.25) is 4.79 Å². The summed E-state index contributed by atoms with van der Waals surface area (Å²) < 4.78 is 34.2. The maximum atomic E-state index is 13.3. The van der Waals surface area contributed by atoms with E-state index in [2.05, 4.69) is 43.5 Å². The van der Waals surface area contributed by atoms with Crippen LogP contribution in [0.4, 0.5) is 0 Å². The molecule has 3 fully saturated rings. The predicted octanol–water partition coefficient (Wildman–Crippen LogP) is 6.10. The summed E-state index contributed by atoms with van der Waals surface area (Å²) in [6, 6.07) is -0.992. The molecule has 0 bridgehead atoms. The third-order valence-corrected chi connectivity index (χ3v) is 15.7. The number of carbonyl (C=O) groups is 1. The molecule has 3 aliphatic heterocycles. The molecule has 0 aromatic rings. The number of aliphatic hydroxyl groups excluding tert-OH is 11. The minimum atomic E-state index is -1.98. The van der Waals surface area contributed by atoms with Crippen molar-refractivity contribution in [2.45, 2.75) is 317 Å². The third-order valence-electron chi connectivity index (χ3n) is 15.7. The average molecular weight is 1150 g/mol. The van der Waals surface area contributed by atoms with E-state index in [4.69, 9.17) is 28.4 Å². The molecule has 19 heteroatoms. The Morgan fingerprint density at radius 3 is 1.26 bits per heavy atom. The van der Waals surface area contributed by atoms with Crippen molar-refractivity contribution in [1.82, 2.24) is 5.32 Å². The van der Waals surface area contributed by atoms with E-state index in [1.807, 2.05) is 6.08 Å². The van der Waals surface area contributed by atoms with Crippen LogP contribution in [0.5, 0.6) is 0 Å². The fourth-order valence-electron chi connectivity index (χ4n) is 10.5. The van der Waals surface area contributed by atoms with E-state index in [1.54, 1.807) is 6.08 Å². The number of unbranched alkanes of at least 4 members (excludes halogenated alkanes) is 26. The molecule has 3 aliphatic rings. The van der Waals surface area contributed by atoms with Gasteiger partial charge >= 0.3 is 0 Å². The number of nitrogens with one attached hydrogen (secondary N) is 1. The second-order valence-electron chi connectivity index (χ2n) is 22.5. The molecule has 468 valence electrons. The second-order valence-corrected chi connectivity index (χ2v) is 22.5. The number of ether oxygens (including phenoxy) is 6. The predicted molar refractivity (Wildman–Crippen MR) is 305 cm³/mol. The van der Waals surface area contributed by atoms with Crippen LogP contribution in [0.3, 0.4) is 0 Å². The molecule has 0 aromatic carbocycles. The lowest BCUT2D eigenvalue weighted by Gasteiger charge is -2.48. The number of carbonyl (C=O) groups excluding carboxylic acids is 1. The smallest absolute Gasteiger partial charge is 0.220 e. The van der Waals surface area contributed by atoms with Gasteiger partial charge in [-0.05, 0) is 57.8 Å². The first-order valence-corrected chi connectivity index (χ1v) is 31.2.